The van der Waals surface area contributed by atoms with Crippen LogP contribution in [0.3, 0.4) is 0 Å². The first-order valence-electron chi connectivity index (χ1n) is 6.71. The lowest BCUT2D eigenvalue weighted by atomic mass is 10.1. The number of hydrogen-bond acceptors (Lipinski definition) is 4. The van der Waals surface area contributed by atoms with Gasteiger partial charge in [0.1, 0.15) is 5.75 Å². The minimum absolute atomic E-state index is 0.0786. The van der Waals surface area contributed by atoms with Crippen LogP contribution in [-0.4, -0.2) is 17.3 Å². The van der Waals surface area contributed by atoms with Crippen molar-refractivity contribution in [3.05, 3.63) is 54.4 Å². The molecule has 2 N–H and O–H groups in total. The van der Waals surface area contributed by atoms with Gasteiger partial charge in [-0.3, -0.25) is 4.98 Å². The van der Waals surface area contributed by atoms with E-state index in [1.165, 1.54) is 4.90 Å². The lowest BCUT2D eigenvalue weighted by Gasteiger charge is -2.23. The zero-order valence-electron chi connectivity index (χ0n) is 11.8. The minimum Gasteiger partial charge on any atom is -0.482 e. The van der Waals surface area contributed by atoms with Crippen molar-refractivity contribution < 1.29 is 4.74 Å². The average Bonchev–Trinajstić information content (AvgIpc) is 2.53. The number of rotatable bonds is 6. The summed E-state index contributed by atoms with van der Waals surface area (Å²) in [4.78, 5) is 5.58. The fourth-order valence-corrected chi connectivity index (χ4v) is 2.33. The number of thioether (sulfide) groups is 1. The normalized spacial score (nSPS) is 13.8. The lowest BCUT2D eigenvalue weighted by molar-refractivity contribution is 0.166. The van der Waals surface area contributed by atoms with Crippen LogP contribution in [0.25, 0.3) is 0 Å². The third-order valence-electron chi connectivity index (χ3n) is 3.16. The van der Waals surface area contributed by atoms with Gasteiger partial charge in [0, 0.05) is 17.1 Å². The van der Waals surface area contributed by atoms with Crippen LogP contribution in [0.1, 0.15) is 25.1 Å². The van der Waals surface area contributed by atoms with Gasteiger partial charge < -0.3 is 10.5 Å². The minimum atomic E-state index is -0.221. The quantitative estimate of drug-likeness (QED) is 0.824. The lowest BCUT2D eigenvalue weighted by Crippen LogP contribution is -2.32. The highest BCUT2D eigenvalue weighted by Gasteiger charge is 2.21. The molecule has 2 unspecified atom stereocenters. The molecule has 2 rings (SSSR count). The van der Waals surface area contributed by atoms with Gasteiger partial charge >= 0.3 is 0 Å². The third-order valence-corrected chi connectivity index (χ3v) is 3.91. The van der Waals surface area contributed by atoms with Crippen LogP contribution in [0.5, 0.6) is 5.75 Å². The van der Waals surface area contributed by atoms with E-state index in [4.69, 9.17) is 10.5 Å². The molecule has 0 aliphatic carbocycles. The van der Waals surface area contributed by atoms with E-state index in [2.05, 4.69) is 18.2 Å². The predicted molar refractivity (Wildman–Crippen MR) is 84.1 cm³/mol. The first kappa shape index (κ1) is 14.9. The summed E-state index contributed by atoms with van der Waals surface area (Å²) in [5, 5.41) is 0. The molecule has 0 aliphatic heterocycles. The number of aromatic nitrogens is 1. The molecule has 0 radical (unpaired) electrons. The molecular formula is C16H20N2OS. The largest absolute Gasteiger partial charge is 0.482 e. The van der Waals surface area contributed by atoms with E-state index in [1.807, 2.05) is 42.5 Å². The Bertz CT molecular complexity index is 516. The van der Waals surface area contributed by atoms with Gasteiger partial charge in [-0.25, -0.2) is 0 Å². The Hall–Kier alpha value is -1.52. The van der Waals surface area contributed by atoms with Gasteiger partial charge in [0.25, 0.3) is 0 Å². The van der Waals surface area contributed by atoms with Crippen molar-refractivity contribution in [2.75, 3.05) is 6.26 Å². The highest BCUT2D eigenvalue weighted by atomic mass is 32.2. The monoisotopic (exact) mass is 288 g/mol. The van der Waals surface area contributed by atoms with Crippen molar-refractivity contribution in [1.29, 1.82) is 0 Å². The van der Waals surface area contributed by atoms with Gasteiger partial charge in [0.05, 0.1) is 5.69 Å². The molecule has 0 saturated heterocycles. The Labute approximate surface area is 124 Å². The Balaban J connectivity index is 2.19. The molecule has 106 valence electrons. The number of pyridine rings is 1. The summed E-state index contributed by atoms with van der Waals surface area (Å²) in [6.45, 7) is 2.06. The standard InChI is InChI=1S/C16H20N2OS/c1-3-14(17)16(15-6-4-5-11-18-15)19-12-7-9-13(20-2)10-8-12/h4-11,14,16H,3,17H2,1-2H3. The molecule has 4 heteroatoms. The van der Waals surface area contributed by atoms with Crippen LogP contribution >= 0.6 is 11.8 Å². The molecule has 0 saturated carbocycles. The maximum absolute atomic E-state index is 6.18. The topological polar surface area (TPSA) is 48.1 Å². The van der Waals surface area contributed by atoms with Gasteiger partial charge in [-0.1, -0.05) is 13.0 Å². The summed E-state index contributed by atoms with van der Waals surface area (Å²) in [7, 11) is 0. The van der Waals surface area contributed by atoms with Crippen LogP contribution in [0.2, 0.25) is 0 Å². The van der Waals surface area contributed by atoms with Crippen molar-refractivity contribution in [3.63, 3.8) is 0 Å². The van der Waals surface area contributed by atoms with Crippen LogP contribution in [0, 0.1) is 0 Å². The third kappa shape index (κ3) is 3.74. The molecule has 3 nitrogen and oxygen atoms in total. The summed E-state index contributed by atoms with van der Waals surface area (Å²) in [5.74, 6) is 0.822. The van der Waals surface area contributed by atoms with Gasteiger partial charge in [-0.2, -0.15) is 0 Å². The Kier molecular flexibility index (Phi) is 5.44. The maximum atomic E-state index is 6.18. The molecule has 0 fully saturated rings. The van der Waals surface area contributed by atoms with E-state index >= 15 is 0 Å². The highest BCUT2D eigenvalue weighted by Crippen LogP contribution is 2.26. The van der Waals surface area contributed by atoms with Crippen molar-refractivity contribution in [2.24, 2.45) is 5.73 Å². The van der Waals surface area contributed by atoms with Crippen molar-refractivity contribution >= 4 is 11.8 Å². The Morgan fingerprint density at radius 1 is 1.20 bits per heavy atom. The Morgan fingerprint density at radius 3 is 2.50 bits per heavy atom. The molecule has 1 aromatic carbocycles. The van der Waals surface area contributed by atoms with E-state index in [0.29, 0.717) is 0 Å². The van der Waals surface area contributed by atoms with Gasteiger partial charge in [0.2, 0.25) is 0 Å². The van der Waals surface area contributed by atoms with E-state index in [9.17, 15) is 0 Å². The second kappa shape index (κ2) is 7.31. The predicted octanol–water partition coefficient (Wildman–Crippen LogP) is 3.66. The molecular weight excluding hydrogens is 268 g/mol. The summed E-state index contributed by atoms with van der Waals surface area (Å²) in [6.07, 6.45) is 4.44. The van der Waals surface area contributed by atoms with E-state index in [1.54, 1.807) is 18.0 Å². The number of benzene rings is 1. The second-order valence-electron chi connectivity index (χ2n) is 4.54. The van der Waals surface area contributed by atoms with Crippen LogP contribution in [0.15, 0.2) is 53.6 Å². The summed E-state index contributed by atoms with van der Waals surface area (Å²) >= 11 is 1.71. The summed E-state index contributed by atoms with van der Waals surface area (Å²) in [6, 6.07) is 13.8. The molecule has 0 spiro atoms. The summed E-state index contributed by atoms with van der Waals surface area (Å²) < 4.78 is 6.06. The fourth-order valence-electron chi connectivity index (χ4n) is 1.93. The number of ether oxygens (including phenoxy) is 1. The van der Waals surface area contributed by atoms with Gasteiger partial charge in [0.15, 0.2) is 6.10 Å². The van der Waals surface area contributed by atoms with E-state index < -0.39 is 0 Å². The Morgan fingerprint density at radius 2 is 1.95 bits per heavy atom. The molecule has 2 aromatic rings. The maximum Gasteiger partial charge on any atom is 0.155 e. The summed E-state index contributed by atoms with van der Waals surface area (Å²) in [5.41, 5.74) is 7.06. The van der Waals surface area contributed by atoms with Crippen LogP contribution < -0.4 is 10.5 Å². The fraction of sp³-hybridized carbons (Fsp3) is 0.312. The van der Waals surface area contributed by atoms with Gasteiger partial charge in [-0.05, 0) is 49.1 Å². The molecule has 2 atom stereocenters. The number of nitrogens with zero attached hydrogens (tertiary/aromatic N) is 1. The molecule has 1 heterocycles. The molecule has 0 bridgehead atoms. The highest BCUT2D eigenvalue weighted by molar-refractivity contribution is 7.98. The molecule has 0 amide bonds. The zero-order chi connectivity index (χ0) is 14.4. The van der Waals surface area contributed by atoms with Crippen molar-refractivity contribution in [1.82, 2.24) is 4.98 Å². The molecule has 0 aliphatic rings. The van der Waals surface area contributed by atoms with Crippen molar-refractivity contribution in [3.8, 4) is 5.75 Å². The molecule has 1 aromatic heterocycles. The number of nitrogens with two attached hydrogens (primary N) is 1. The van der Waals surface area contributed by atoms with Crippen LogP contribution in [0.4, 0.5) is 0 Å². The van der Waals surface area contributed by atoms with E-state index in [0.717, 1.165) is 17.9 Å². The first-order valence-corrected chi connectivity index (χ1v) is 7.94. The first-order chi connectivity index (χ1) is 9.74. The smallest absolute Gasteiger partial charge is 0.155 e. The van der Waals surface area contributed by atoms with E-state index in [-0.39, 0.29) is 12.1 Å². The average molecular weight is 288 g/mol. The van der Waals surface area contributed by atoms with Crippen molar-refractivity contribution in [2.45, 2.75) is 30.4 Å². The number of hydrogen-bond donors (Lipinski definition) is 1. The SMILES string of the molecule is CCC(N)C(Oc1ccc(SC)cc1)c1ccccn1. The van der Waals surface area contributed by atoms with Gasteiger partial charge in [-0.15, -0.1) is 11.8 Å². The second-order valence-corrected chi connectivity index (χ2v) is 5.42. The molecule has 20 heavy (non-hydrogen) atoms. The zero-order valence-corrected chi connectivity index (χ0v) is 12.6. The van der Waals surface area contributed by atoms with Crippen LogP contribution in [-0.2, 0) is 0 Å².